The number of anilines is 2. The molecule has 2 aromatic rings. The zero-order chi connectivity index (χ0) is 15.6. The summed E-state index contributed by atoms with van der Waals surface area (Å²) in [4.78, 5) is 15.3. The van der Waals surface area contributed by atoms with E-state index in [1.54, 1.807) is 17.5 Å². The SMILES string of the molecule is CC(=O)Nc1ccc(S(=O)(=O)N(C)c2nc(C)cs2)cc1. The summed E-state index contributed by atoms with van der Waals surface area (Å²) in [6.45, 7) is 3.20. The summed E-state index contributed by atoms with van der Waals surface area (Å²) in [5.41, 5.74) is 1.33. The lowest BCUT2D eigenvalue weighted by molar-refractivity contribution is -0.114. The van der Waals surface area contributed by atoms with Crippen LogP contribution in [0.15, 0.2) is 34.5 Å². The van der Waals surface area contributed by atoms with E-state index in [4.69, 9.17) is 0 Å². The number of aromatic nitrogens is 1. The van der Waals surface area contributed by atoms with Gasteiger partial charge in [0.25, 0.3) is 10.0 Å². The van der Waals surface area contributed by atoms with Crippen LogP contribution in [-0.2, 0) is 14.8 Å². The molecule has 0 aliphatic rings. The van der Waals surface area contributed by atoms with Gasteiger partial charge in [-0.2, -0.15) is 0 Å². The molecule has 1 aromatic heterocycles. The molecule has 0 unspecified atom stereocenters. The quantitative estimate of drug-likeness (QED) is 0.935. The van der Waals surface area contributed by atoms with Crippen molar-refractivity contribution in [2.75, 3.05) is 16.7 Å². The van der Waals surface area contributed by atoms with Crippen LogP contribution < -0.4 is 9.62 Å². The molecule has 1 amide bonds. The van der Waals surface area contributed by atoms with E-state index in [9.17, 15) is 13.2 Å². The van der Waals surface area contributed by atoms with Crippen molar-refractivity contribution in [3.63, 3.8) is 0 Å². The van der Waals surface area contributed by atoms with Crippen LogP contribution in [0.5, 0.6) is 0 Å². The van der Waals surface area contributed by atoms with Gasteiger partial charge in [0.2, 0.25) is 5.91 Å². The van der Waals surface area contributed by atoms with Crippen LogP contribution in [0.1, 0.15) is 12.6 Å². The van der Waals surface area contributed by atoms with Crippen molar-refractivity contribution in [3.8, 4) is 0 Å². The second-order valence-electron chi connectivity index (χ2n) is 4.45. The summed E-state index contributed by atoms with van der Waals surface area (Å²) in [5.74, 6) is -0.207. The van der Waals surface area contributed by atoms with Gasteiger partial charge in [-0.25, -0.2) is 17.7 Å². The number of carbonyl (C=O) groups is 1. The van der Waals surface area contributed by atoms with Crippen molar-refractivity contribution < 1.29 is 13.2 Å². The third-order valence-electron chi connectivity index (χ3n) is 2.71. The van der Waals surface area contributed by atoms with Crippen LogP contribution in [0.2, 0.25) is 0 Å². The normalized spacial score (nSPS) is 11.2. The van der Waals surface area contributed by atoms with Crippen molar-refractivity contribution in [1.82, 2.24) is 4.98 Å². The maximum absolute atomic E-state index is 12.5. The number of aryl methyl sites for hydroxylation is 1. The Bertz CT molecular complexity index is 751. The lowest BCUT2D eigenvalue weighted by atomic mass is 10.3. The maximum atomic E-state index is 12.5. The monoisotopic (exact) mass is 325 g/mol. The highest BCUT2D eigenvalue weighted by atomic mass is 32.2. The van der Waals surface area contributed by atoms with Crippen LogP contribution in [0.4, 0.5) is 10.8 Å². The molecular weight excluding hydrogens is 310 g/mol. The molecular formula is C13H15N3O3S2. The second-order valence-corrected chi connectivity index (χ2v) is 7.26. The molecule has 6 nitrogen and oxygen atoms in total. The molecule has 1 aromatic carbocycles. The van der Waals surface area contributed by atoms with E-state index in [1.807, 2.05) is 6.92 Å². The fraction of sp³-hybridized carbons (Fsp3) is 0.231. The molecule has 0 radical (unpaired) electrons. The summed E-state index contributed by atoms with van der Waals surface area (Å²) in [6, 6.07) is 6.01. The highest BCUT2D eigenvalue weighted by Gasteiger charge is 2.23. The molecule has 0 aliphatic heterocycles. The van der Waals surface area contributed by atoms with E-state index < -0.39 is 10.0 Å². The first kappa shape index (κ1) is 15.5. The molecule has 112 valence electrons. The van der Waals surface area contributed by atoms with Crippen molar-refractivity contribution in [3.05, 3.63) is 35.3 Å². The topological polar surface area (TPSA) is 79.4 Å². The second kappa shape index (κ2) is 5.82. The molecule has 0 bridgehead atoms. The summed E-state index contributed by atoms with van der Waals surface area (Å²) >= 11 is 1.27. The minimum atomic E-state index is -3.66. The van der Waals surface area contributed by atoms with E-state index in [-0.39, 0.29) is 10.8 Å². The molecule has 2 rings (SSSR count). The molecule has 1 N–H and O–H groups in total. The fourth-order valence-corrected chi connectivity index (χ4v) is 3.80. The number of hydrogen-bond acceptors (Lipinski definition) is 5. The number of carbonyl (C=O) groups excluding carboxylic acids is 1. The zero-order valence-corrected chi connectivity index (χ0v) is 13.5. The Balaban J connectivity index is 2.29. The number of amides is 1. The lowest BCUT2D eigenvalue weighted by Gasteiger charge is -2.16. The number of hydrogen-bond donors (Lipinski definition) is 1. The van der Waals surface area contributed by atoms with Crippen molar-refractivity contribution in [2.45, 2.75) is 18.7 Å². The maximum Gasteiger partial charge on any atom is 0.265 e. The van der Waals surface area contributed by atoms with E-state index >= 15 is 0 Å². The summed E-state index contributed by atoms with van der Waals surface area (Å²) < 4.78 is 26.1. The summed E-state index contributed by atoms with van der Waals surface area (Å²) in [7, 11) is -2.19. The number of thiazole rings is 1. The first-order valence-corrected chi connectivity index (χ1v) is 8.41. The molecule has 21 heavy (non-hydrogen) atoms. The average molecular weight is 325 g/mol. The van der Waals surface area contributed by atoms with E-state index in [2.05, 4.69) is 10.3 Å². The number of nitrogens with zero attached hydrogens (tertiary/aromatic N) is 2. The Morgan fingerprint density at radius 1 is 1.29 bits per heavy atom. The Hall–Kier alpha value is -1.93. The van der Waals surface area contributed by atoms with Crippen molar-refractivity contribution in [2.24, 2.45) is 0 Å². The molecule has 0 fully saturated rings. The van der Waals surface area contributed by atoms with Crippen LogP contribution in [-0.4, -0.2) is 26.4 Å². The van der Waals surface area contributed by atoms with Gasteiger partial charge in [-0.05, 0) is 31.2 Å². The first-order valence-electron chi connectivity index (χ1n) is 6.09. The van der Waals surface area contributed by atoms with Gasteiger partial charge in [0.15, 0.2) is 5.13 Å². The number of nitrogens with one attached hydrogen (secondary N) is 1. The number of benzene rings is 1. The standard InChI is InChI=1S/C13H15N3O3S2/c1-9-8-20-13(14-9)16(3)21(18,19)12-6-4-11(5-7-12)15-10(2)17/h4-8H,1-3H3,(H,15,17). The van der Waals surface area contributed by atoms with Gasteiger partial charge < -0.3 is 5.32 Å². The van der Waals surface area contributed by atoms with Crippen molar-refractivity contribution in [1.29, 1.82) is 0 Å². The van der Waals surface area contributed by atoms with Gasteiger partial charge in [-0.15, -0.1) is 11.3 Å². The van der Waals surface area contributed by atoms with Crippen LogP contribution in [0.3, 0.4) is 0 Å². The van der Waals surface area contributed by atoms with Gasteiger partial charge in [-0.3, -0.25) is 4.79 Å². The minimum absolute atomic E-state index is 0.145. The van der Waals surface area contributed by atoms with E-state index in [0.717, 1.165) is 10.00 Å². The Kier molecular flexibility index (Phi) is 4.29. The predicted molar refractivity (Wildman–Crippen MR) is 83.2 cm³/mol. The summed E-state index contributed by atoms with van der Waals surface area (Å²) in [5, 5.41) is 4.80. The molecule has 0 aliphatic carbocycles. The van der Waals surface area contributed by atoms with Crippen LogP contribution in [0, 0.1) is 6.92 Å². The Morgan fingerprint density at radius 2 is 1.90 bits per heavy atom. The fourth-order valence-electron chi connectivity index (χ4n) is 1.66. The van der Waals surface area contributed by atoms with Gasteiger partial charge in [0, 0.05) is 25.0 Å². The molecule has 8 heteroatoms. The molecule has 0 spiro atoms. The largest absolute Gasteiger partial charge is 0.326 e. The predicted octanol–water partition coefficient (Wildman–Crippen LogP) is 2.24. The summed E-state index contributed by atoms with van der Waals surface area (Å²) in [6.07, 6.45) is 0. The Labute approximate surface area is 127 Å². The van der Waals surface area contributed by atoms with Gasteiger partial charge in [-0.1, -0.05) is 0 Å². The zero-order valence-electron chi connectivity index (χ0n) is 11.8. The number of rotatable bonds is 4. The number of sulfonamides is 1. The average Bonchev–Trinajstić information content (AvgIpc) is 2.84. The molecule has 0 atom stereocenters. The molecule has 1 heterocycles. The first-order chi connectivity index (χ1) is 9.80. The third-order valence-corrected chi connectivity index (χ3v) is 5.62. The Morgan fingerprint density at radius 3 is 2.38 bits per heavy atom. The van der Waals surface area contributed by atoms with E-state index in [1.165, 1.54) is 37.4 Å². The highest BCUT2D eigenvalue weighted by molar-refractivity contribution is 7.93. The molecule has 0 saturated heterocycles. The van der Waals surface area contributed by atoms with Crippen LogP contribution in [0.25, 0.3) is 0 Å². The van der Waals surface area contributed by atoms with Gasteiger partial charge >= 0.3 is 0 Å². The van der Waals surface area contributed by atoms with Crippen molar-refractivity contribution >= 4 is 38.1 Å². The smallest absolute Gasteiger partial charge is 0.265 e. The van der Waals surface area contributed by atoms with Gasteiger partial charge in [0.05, 0.1) is 10.6 Å². The van der Waals surface area contributed by atoms with Crippen LogP contribution >= 0.6 is 11.3 Å². The van der Waals surface area contributed by atoms with Gasteiger partial charge in [0.1, 0.15) is 0 Å². The molecule has 0 saturated carbocycles. The lowest BCUT2D eigenvalue weighted by Crippen LogP contribution is -2.26. The third kappa shape index (κ3) is 3.40. The van der Waals surface area contributed by atoms with E-state index in [0.29, 0.717) is 10.8 Å². The minimum Gasteiger partial charge on any atom is -0.326 e. The highest BCUT2D eigenvalue weighted by Crippen LogP contribution is 2.25.